The van der Waals surface area contributed by atoms with Crippen molar-refractivity contribution in [2.75, 3.05) is 18.5 Å². The fourth-order valence-electron chi connectivity index (χ4n) is 4.87. The first kappa shape index (κ1) is 25.8. The van der Waals surface area contributed by atoms with Gasteiger partial charge in [-0.1, -0.05) is 36.4 Å². The lowest BCUT2D eigenvalue weighted by Gasteiger charge is -2.39. The summed E-state index contributed by atoms with van der Waals surface area (Å²) in [7, 11) is 0. The molecular formula is C31H34N4O3. The predicted octanol–water partition coefficient (Wildman–Crippen LogP) is 6.11. The van der Waals surface area contributed by atoms with Crippen molar-refractivity contribution in [1.82, 2.24) is 15.1 Å². The van der Waals surface area contributed by atoms with Gasteiger partial charge in [0.05, 0.1) is 0 Å². The van der Waals surface area contributed by atoms with E-state index in [-0.39, 0.29) is 11.6 Å². The van der Waals surface area contributed by atoms with Crippen LogP contribution in [0.4, 0.5) is 5.69 Å². The molecule has 7 heteroatoms. The maximum atomic E-state index is 11.3. The predicted molar refractivity (Wildman–Crippen MR) is 148 cm³/mol. The van der Waals surface area contributed by atoms with Crippen LogP contribution >= 0.6 is 0 Å². The largest absolute Gasteiger partial charge is 0.416 e. The minimum Gasteiger partial charge on any atom is -0.416 e. The third-order valence-electron chi connectivity index (χ3n) is 7.01. The summed E-state index contributed by atoms with van der Waals surface area (Å²) >= 11 is 0. The molecule has 1 aliphatic rings. The van der Waals surface area contributed by atoms with E-state index < -0.39 is 0 Å². The Hall–Kier alpha value is -3.81. The molecule has 0 unspecified atom stereocenters. The van der Waals surface area contributed by atoms with Gasteiger partial charge in [-0.3, -0.25) is 9.69 Å². The molecule has 196 valence electrons. The topological polar surface area (TPSA) is 80.5 Å². The highest BCUT2D eigenvalue weighted by atomic mass is 16.5. The van der Waals surface area contributed by atoms with E-state index in [2.05, 4.69) is 82.8 Å². The number of benzene rings is 3. The van der Waals surface area contributed by atoms with Crippen molar-refractivity contribution in [2.45, 2.75) is 52.3 Å². The minimum absolute atomic E-state index is 0.109. The van der Waals surface area contributed by atoms with Crippen molar-refractivity contribution in [2.24, 2.45) is 0 Å². The summed E-state index contributed by atoms with van der Waals surface area (Å²) in [5.74, 6) is 0.831. The van der Waals surface area contributed by atoms with Crippen LogP contribution in [0.2, 0.25) is 0 Å². The molecule has 0 saturated heterocycles. The summed E-state index contributed by atoms with van der Waals surface area (Å²) in [5.41, 5.74) is 6.03. The van der Waals surface area contributed by atoms with Crippen LogP contribution in [0, 0.1) is 0 Å². The molecule has 0 radical (unpaired) electrons. The first-order chi connectivity index (χ1) is 18.4. The standard InChI is InChI=1S/C31H34N4O3/c1-22(36)32-28-15-13-25(14-16-28)29-33-34-30(38-29)27-12-11-24-17-18-35(21-23-8-5-4-6-9-23)31(2,3)37-19-7-10-26(24)20-27/h4-6,8-9,11-16,20H,7,10,17-19,21H2,1-3H3,(H,32,36). The van der Waals surface area contributed by atoms with Gasteiger partial charge in [0, 0.05) is 43.4 Å². The number of rotatable bonds is 5. The molecule has 0 fully saturated rings. The lowest BCUT2D eigenvalue weighted by Crippen LogP contribution is -2.47. The van der Waals surface area contributed by atoms with E-state index in [1.54, 1.807) is 0 Å². The Labute approximate surface area is 223 Å². The van der Waals surface area contributed by atoms with Gasteiger partial charge in [-0.05, 0) is 86.2 Å². The second-order valence-corrected chi connectivity index (χ2v) is 10.2. The molecule has 2 heterocycles. The molecule has 0 saturated carbocycles. The van der Waals surface area contributed by atoms with Gasteiger partial charge in [0.2, 0.25) is 17.7 Å². The summed E-state index contributed by atoms with van der Waals surface area (Å²) in [5, 5.41) is 11.3. The van der Waals surface area contributed by atoms with Gasteiger partial charge in [-0.15, -0.1) is 10.2 Å². The molecule has 4 aromatic rings. The molecular weight excluding hydrogens is 476 g/mol. The SMILES string of the molecule is CC(=O)Nc1ccc(-c2nnc(-c3ccc4c(c3)CCCOC(C)(C)N(Cc3ccccc3)CC4)o2)cc1. The summed E-state index contributed by atoms with van der Waals surface area (Å²) in [6.07, 6.45) is 2.81. The lowest BCUT2D eigenvalue weighted by atomic mass is 9.96. The summed E-state index contributed by atoms with van der Waals surface area (Å²) in [6.45, 7) is 8.26. The molecule has 1 aromatic heterocycles. The van der Waals surface area contributed by atoms with E-state index in [0.717, 1.165) is 49.2 Å². The average Bonchev–Trinajstić information content (AvgIpc) is 3.40. The van der Waals surface area contributed by atoms with E-state index in [0.29, 0.717) is 18.4 Å². The van der Waals surface area contributed by atoms with Gasteiger partial charge < -0.3 is 14.5 Å². The smallest absolute Gasteiger partial charge is 0.248 e. The zero-order chi connectivity index (χ0) is 26.5. The van der Waals surface area contributed by atoms with Crippen molar-refractivity contribution < 1.29 is 13.9 Å². The molecule has 1 N–H and O–H groups in total. The zero-order valence-corrected chi connectivity index (χ0v) is 22.2. The maximum absolute atomic E-state index is 11.3. The van der Waals surface area contributed by atoms with Crippen molar-refractivity contribution in [1.29, 1.82) is 0 Å². The van der Waals surface area contributed by atoms with Gasteiger partial charge in [0.1, 0.15) is 5.72 Å². The molecule has 38 heavy (non-hydrogen) atoms. The Kier molecular flexibility index (Phi) is 7.67. The lowest BCUT2D eigenvalue weighted by molar-refractivity contribution is -0.136. The monoisotopic (exact) mass is 510 g/mol. The number of nitrogens with zero attached hydrogens (tertiary/aromatic N) is 3. The molecule has 0 bridgehead atoms. The number of hydrogen-bond donors (Lipinski definition) is 1. The first-order valence-electron chi connectivity index (χ1n) is 13.1. The molecule has 3 aromatic carbocycles. The van der Waals surface area contributed by atoms with E-state index in [9.17, 15) is 4.79 Å². The normalized spacial score (nSPS) is 16.0. The molecule has 0 atom stereocenters. The highest BCUT2D eigenvalue weighted by Crippen LogP contribution is 2.29. The maximum Gasteiger partial charge on any atom is 0.248 e. The number of ether oxygens (including phenoxy) is 1. The van der Waals surface area contributed by atoms with Gasteiger partial charge in [0.15, 0.2) is 0 Å². The Balaban J connectivity index is 1.34. The Morgan fingerprint density at radius 3 is 2.37 bits per heavy atom. The van der Waals surface area contributed by atoms with Crippen molar-refractivity contribution in [3.8, 4) is 22.9 Å². The van der Waals surface area contributed by atoms with Gasteiger partial charge in [0.25, 0.3) is 0 Å². The van der Waals surface area contributed by atoms with Crippen LogP contribution in [0.1, 0.15) is 43.9 Å². The molecule has 1 aliphatic heterocycles. The van der Waals surface area contributed by atoms with E-state index in [1.807, 2.05) is 24.3 Å². The van der Waals surface area contributed by atoms with Crippen molar-refractivity contribution in [3.63, 3.8) is 0 Å². The Morgan fingerprint density at radius 2 is 1.63 bits per heavy atom. The van der Waals surface area contributed by atoms with Gasteiger partial charge in [-0.2, -0.15) is 0 Å². The average molecular weight is 511 g/mol. The molecule has 5 rings (SSSR count). The summed E-state index contributed by atoms with van der Waals surface area (Å²) in [4.78, 5) is 13.7. The van der Waals surface area contributed by atoms with Crippen LogP contribution in [0.3, 0.4) is 0 Å². The number of amides is 1. The third kappa shape index (κ3) is 6.18. The van der Waals surface area contributed by atoms with Gasteiger partial charge >= 0.3 is 0 Å². The summed E-state index contributed by atoms with van der Waals surface area (Å²) < 4.78 is 12.4. The Bertz CT molecular complexity index is 1380. The highest BCUT2D eigenvalue weighted by molar-refractivity contribution is 5.88. The molecule has 0 aliphatic carbocycles. The summed E-state index contributed by atoms with van der Waals surface area (Å²) in [6, 6.07) is 24.4. The minimum atomic E-state index is -0.340. The van der Waals surface area contributed by atoms with Crippen LogP contribution in [0.5, 0.6) is 0 Å². The Morgan fingerprint density at radius 1 is 0.921 bits per heavy atom. The van der Waals surface area contributed by atoms with E-state index >= 15 is 0 Å². The van der Waals surface area contributed by atoms with Crippen LogP contribution in [-0.4, -0.2) is 39.9 Å². The fourth-order valence-corrected chi connectivity index (χ4v) is 4.87. The van der Waals surface area contributed by atoms with Crippen molar-refractivity contribution >= 4 is 11.6 Å². The number of hydrogen-bond acceptors (Lipinski definition) is 6. The number of aromatic nitrogens is 2. The van der Waals surface area contributed by atoms with Crippen LogP contribution in [-0.2, 0) is 28.9 Å². The molecule has 0 spiro atoms. The molecule has 7 nitrogen and oxygen atoms in total. The van der Waals surface area contributed by atoms with Crippen LogP contribution < -0.4 is 5.32 Å². The molecule has 1 amide bonds. The number of anilines is 1. The quantitative estimate of drug-likeness (QED) is 0.349. The number of nitrogens with one attached hydrogen (secondary N) is 1. The van der Waals surface area contributed by atoms with E-state index in [4.69, 9.17) is 9.15 Å². The zero-order valence-electron chi connectivity index (χ0n) is 22.2. The third-order valence-corrected chi connectivity index (χ3v) is 7.01. The van der Waals surface area contributed by atoms with Crippen LogP contribution in [0.15, 0.2) is 77.2 Å². The number of fused-ring (bicyclic) bond motifs is 1. The second kappa shape index (κ2) is 11.3. The fraction of sp³-hybridized carbons (Fsp3) is 0.323. The number of carbonyl (C=O) groups is 1. The number of aryl methyl sites for hydroxylation is 1. The number of carbonyl (C=O) groups excluding carboxylic acids is 1. The van der Waals surface area contributed by atoms with Gasteiger partial charge in [-0.25, -0.2) is 0 Å². The highest BCUT2D eigenvalue weighted by Gasteiger charge is 2.28. The van der Waals surface area contributed by atoms with Crippen molar-refractivity contribution in [3.05, 3.63) is 89.5 Å². The van der Waals surface area contributed by atoms with Crippen LogP contribution in [0.25, 0.3) is 22.9 Å². The second-order valence-electron chi connectivity index (χ2n) is 10.2. The van der Waals surface area contributed by atoms with E-state index in [1.165, 1.54) is 23.6 Å². The first-order valence-corrected chi connectivity index (χ1v) is 13.1.